The Morgan fingerprint density at radius 1 is 1.36 bits per heavy atom. The van der Waals surface area contributed by atoms with E-state index in [1.807, 2.05) is 13.8 Å². The zero-order valence-electron chi connectivity index (χ0n) is 7.24. The Kier molecular flexibility index (Phi) is 4.11. The maximum Gasteiger partial charge on any atom is 0.332 e. The van der Waals surface area contributed by atoms with Gasteiger partial charge in [-0.25, -0.2) is 4.79 Å². The summed E-state index contributed by atoms with van der Waals surface area (Å²) in [6, 6.07) is 0. The molecule has 0 heterocycles. The van der Waals surface area contributed by atoms with Crippen LogP contribution in [-0.4, -0.2) is 22.3 Å². The summed E-state index contributed by atoms with van der Waals surface area (Å²) in [5.74, 6) is -0.857. The lowest BCUT2D eigenvalue weighted by Crippen LogP contribution is -2.28. The molecule has 3 heteroatoms. The normalized spacial score (nSPS) is 16.5. The minimum absolute atomic E-state index is 0.160. The molecule has 2 atom stereocenters. The molecule has 3 nitrogen and oxygen atoms in total. The Morgan fingerprint density at radius 2 is 1.82 bits per heavy atom. The zero-order chi connectivity index (χ0) is 9.02. The maximum absolute atomic E-state index is 10.3. The van der Waals surface area contributed by atoms with Crippen molar-refractivity contribution in [1.82, 2.24) is 0 Å². The molecule has 0 aliphatic carbocycles. The van der Waals surface area contributed by atoms with Crippen LogP contribution in [0.1, 0.15) is 27.2 Å². The van der Waals surface area contributed by atoms with Gasteiger partial charge in [-0.1, -0.05) is 20.8 Å². The highest BCUT2D eigenvalue weighted by molar-refractivity contribution is 5.72. The summed E-state index contributed by atoms with van der Waals surface area (Å²) in [5, 5.41) is 17.5. The van der Waals surface area contributed by atoms with Gasteiger partial charge < -0.3 is 10.2 Å². The molecule has 1 unspecified atom stereocenters. The highest BCUT2D eigenvalue weighted by atomic mass is 16.4. The first-order chi connectivity index (χ1) is 4.95. The van der Waals surface area contributed by atoms with Gasteiger partial charge in [0, 0.05) is 0 Å². The van der Waals surface area contributed by atoms with Crippen molar-refractivity contribution in [3.05, 3.63) is 0 Å². The molecule has 0 aromatic rings. The van der Waals surface area contributed by atoms with E-state index in [4.69, 9.17) is 10.2 Å². The second-order valence-electron chi connectivity index (χ2n) is 3.39. The van der Waals surface area contributed by atoms with Crippen molar-refractivity contribution in [2.24, 2.45) is 11.8 Å². The van der Waals surface area contributed by atoms with E-state index in [9.17, 15) is 4.79 Å². The number of aliphatic hydroxyl groups excluding tert-OH is 1. The van der Waals surface area contributed by atoms with Crippen LogP contribution in [0.2, 0.25) is 0 Å². The number of hydrogen-bond acceptors (Lipinski definition) is 2. The number of aliphatic carboxylic acids is 1. The van der Waals surface area contributed by atoms with Crippen LogP contribution in [0.5, 0.6) is 0 Å². The van der Waals surface area contributed by atoms with E-state index in [0.29, 0.717) is 5.92 Å². The molecule has 0 aromatic carbocycles. The lowest BCUT2D eigenvalue weighted by molar-refractivity contribution is -0.149. The van der Waals surface area contributed by atoms with Crippen LogP contribution in [0.4, 0.5) is 0 Å². The third kappa shape index (κ3) is 3.98. The molecule has 0 aromatic heterocycles. The number of carboxylic acids is 1. The highest BCUT2D eigenvalue weighted by Gasteiger charge is 2.21. The topological polar surface area (TPSA) is 57.5 Å². The first kappa shape index (κ1) is 10.4. The van der Waals surface area contributed by atoms with Gasteiger partial charge >= 0.3 is 5.97 Å². The predicted octanol–water partition coefficient (Wildman–Crippen LogP) is 1.11. The van der Waals surface area contributed by atoms with Gasteiger partial charge in [0.1, 0.15) is 0 Å². The summed E-state index contributed by atoms with van der Waals surface area (Å²) in [6.07, 6.45) is -0.467. The Bertz CT molecular complexity index is 131. The van der Waals surface area contributed by atoms with E-state index in [-0.39, 0.29) is 5.92 Å². The van der Waals surface area contributed by atoms with E-state index in [1.54, 1.807) is 6.92 Å². The molecular formula is C8H16O3. The number of aliphatic hydroxyl groups is 1. The molecule has 11 heavy (non-hydrogen) atoms. The van der Waals surface area contributed by atoms with Gasteiger partial charge in [0.2, 0.25) is 0 Å². The smallest absolute Gasteiger partial charge is 0.332 e. The van der Waals surface area contributed by atoms with Crippen LogP contribution in [0.25, 0.3) is 0 Å². The molecule has 0 bridgehead atoms. The minimum atomic E-state index is -1.21. The van der Waals surface area contributed by atoms with Crippen LogP contribution in [0, 0.1) is 11.8 Å². The number of rotatable bonds is 4. The Hall–Kier alpha value is -0.570. The molecule has 0 aliphatic rings. The van der Waals surface area contributed by atoms with E-state index in [1.165, 1.54) is 0 Å². The summed E-state index contributed by atoms with van der Waals surface area (Å²) in [7, 11) is 0. The summed E-state index contributed by atoms with van der Waals surface area (Å²) >= 11 is 0. The van der Waals surface area contributed by atoms with Crippen LogP contribution in [0.15, 0.2) is 0 Å². The predicted molar refractivity (Wildman–Crippen MR) is 42.3 cm³/mol. The lowest BCUT2D eigenvalue weighted by atomic mass is 9.94. The third-order valence-electron chi connectivity index (χ3n) is 1.64. The fraction of sp³-hybridized carbons (Fsp3) is 0.875. The average molecular weight is 160 g/mol. The number of hydrogen-bond donors (Lipinski definition) is 2. The largest absolute Gasteiger partial charge is 0.479 e. The first-order valence-corrected chi connectivity index (χ1v) is 3.86. The van der Waals surface area contributed by atoms with Crippen LogP contribution in [0.3, 0.4) is 0 Å². The van der Waals surface area contributed by atoms with Gasteiger partial charge in [-0.15, -0.1) is 0 Å². The Morgan fingerprint density at radius 3 is 2.09 bits per heavy atom. The van der Waals surface area contributed by atoms with E-state index >= 15 is 0 Å². The van der Waals surface area contributed by atoms with Crippen molar-refractivity contribution < 1.29 is 15.0 Å². The molecule has 0 amide bonds. The average Bonchev–Trinajstić information content (AvgIpc) is 1.84. The molecule has 0 saturated carbocycles. The Labute approximate surface area is 67.0 Å². The highest BCUT2D eigenvalue weighted by Crippen LogP contribution is 2.14. The Balaban J connectivity index is 3.82. The third-order valence-corrected chi connectivity index (χ3v) is 1.64. The fourth-order valence-corrected chi connectivity index (χ4v) is 1.12. The van der Waals surface area contributed by atoms with Gasteiger partial charge in [-0.05, 0) is 18.3 Å². The summed E-state index contributed by atoms with van der Waals surface area (Å²) in [5.41, 5.74) is 0. The quantitative estimate of drug-likeness (QED) is 0.647. The van der Waals surface area contributed by atoms with E-state index < -0.39 is 12.1 Å². The van der Waals surface area contributed by atoms with Crippen LogP contribution < -0.4 is 0 Å². The number of carbonyl (C=O) groups is 1. The molecule has 0 saturated heterocycles. The molecule has 0 spiro atoms. The summed E-state index contributed by atoms with van der Waals surface area (Å²) in [6.45, 7) is 5.76. The van der Waals surface area contributed by atoms with Crippen molar-refractivity contribution in [1.29, 1.82) is 0 Å². The van der Waals surface area contributed by atoms with Gasteiger partial charge in [-0.3, -0.25) is 0 Å². The van der Waals surface area contributed by atoms with Crippen molar-refractivity contribution in [3.8, 4) is 0 Å². The molecular weight excluding hydrogens is 144 g/mol. The maximum atomic E-state index is 10.3. The van der Waals surface area contributed by atoms with E-state index in [0.717, 1.165) is 6.42 Å². The van der Waals surface area contributed by atoms with Gasteiger partial charge in [0.05, 0.1) is 0 Å². The van der Waals surface area contributed by atoms with Crippen LogP contribution in [-0.2, 0) is 4.79 Å². The summed E-state index contributed by atoms with van der Waals surface area (Å²) in [4.78, 5) is 10.3. The molecule has 0 fully saturated rings. The van der Waals surface area contributed by atoms with Gasteiger partial charge in [0.15, 0.2) is 6.10 Å². The monoisotopic (exact) mass is 160 g/mol. The first-order valence-electron chi connectivity index (χ1n) is 3.86. The van der Waals surface area contributed by atoms with Crippen molar-refractivity contribution in [3.63, 3.8) is 0 Å². The molecule has 0 aliphatic heterocycles. The fourth-order valence-electron chi connectivity index (χ4n) is 1.12. The van der Waals surface area contributed by atoms with E-state index in [2.05, 4.69) is 0 Å². The van der Waals surface area contributed by atoms with Crippen molar-refractivity contribution >= 4 is 5.97 Å². The van der Waals surface area contributed by atoms with Crippen molar-refractivity contribution in [2.75, 3.05) is 0 Å². The molecule has 66 valence electrons. The second-order valence-corrected chi connectivity index (χ2v) is 3.39. The van der Waals surface area contributed by atoms with Crippen LogP contribution >= 0.6 is 0 Å². The standard InChI is InChI=1S/C8H16O3/c1-5(2)4-6(3)7(9)8(10)11/h5-7,9H,4H2,1-3H3,(H,10,11)/t6?,7-/m0/s1. The minimum Gasteiger partial charge on any atom is -0.479 e. The zero-order valence-corrected chi connectivity index (χ0v) is 7.24. The van der Waals surface area contributed by atoms with Gasteiger partial charge in [0.25, 0.3) is 0 Å². The SMILES string of the molecule is CC(C)CC(C)[C@H](O)C(=O)O. The molecule has 2 N–H and O–H groups in total. The molecule has 0 radical (unpaired) electrons. The summed E-state index contributed by atoms with van der Waals surface area (Å²) < 4.78 is 0. The van der Waals surface area contributed by atoms with Crippen molar-refractivity contribution in [2.45, 2.75) is 33.3 Å². The van der Waals surface area contributed by atoms with Gasteiger partial charge in [-0.2, -0.15) is 0 Å². The molecule has 0 rings (SSSR count). The second kappa shape index (κ2) is 4.34. The number of carboxylic acid groups (broad SMARTS) is 1. The lowest BCUT2D eigenvalue weighted by Gasteiger charge is -2.16.